The Bertz CT molecular complexity index is 824. The molecule has 0 spiro atoms. The molecule has 0 radical (unpaired) electrons. The van der Waals surface area contributed by atoms with Crippen LogP contribution >= 0.6 is 11.6 Å². The molecule has 1 aromatic heterocycles. The summed E-state index contributed by atoms with van der Waals surface area (Å²) in [6, 6.07) is 16.9. The number of nitrogens with one attached hydrogen (secondary N) is 1. The summed E-state index contributed by atoms with van der Waals surface area (Å²) in [5, 5.41) is 3.23. The Morgan fingerprint density at radius 2 is 1.83 bits per heavy atom. The first-order valence-corrected chi connectivity index (χ1v) is 7.34. The molecule has 0 atom stereocenters. The van der Waals surface area contributed by atoms with Gasteiger partial charge in [-0.05, 0) is 23.8 Å². The highest BCUT2D eigenvalue weighted by Crippen LogP contribution is 2.22. The third kappa shape index (κ3) is 4.08. The lowest BCUT2D eigenvalue weighted by Gasteiger charge is -1.96. The maximum Gasteiger partial charge on any atom is 0.302 e. The van der Waals surface area contributed by atoms with Crippen molar-refractivity contribution in [2.45, 2.75) is 0 Å². The zero-order valence-electron chi connectivity index (χ0n) is 12.1. The Labute approximate surface area is 138 Å². The minimum atomic E-state index is -0.307. The second-order valence-corrected chi connectivity index (χ2v) is 5.21. The predicted molar refractivity (Wildman–Crippen MR) is 91.1 cm³/mol. The minimum Gasteiger partial charge on any atom is -0.431 e. The third-order valence-electron chi connectivity index (χ3n) is 3.10. The standard InChI is InChI=1S/C18H13ClN2O2/c19-15-9-7-14(8-10-15)16-12-23-18(20-16)21-17(22)11-6-13-4-2-1-3-5-13/h1-12H,(H,20,21,22)/b11-6+. The molecular formula is C18H13ClN2O2. The number of carbonyl (C=O) groups is 1. The van der Waals surface area contributed by atoms with Crippen LogP contribution in [0.2, 0.25) is 5.02 Å². The van der Waals surface area contributed by atoms with Crippen LogP contribution in [0.3, 0.4) is 0 Å². The number of nitrogens with zero attached hydrogens (tertiary/aromatic N) is 1. The molecule has 0 aliphatic rings. The molecule has 0 saturated heterocycles. The molecule has 0 fully saturated rings. The van der Waals surface area contributed by atoms with Gasteiger partial charge < -0.3 is 4.42 Å². The van der Waals surface area contributed by atoms with E-state index in [9.17, 15) is 4.79 Å². The molecule has 0 saturated carbocycles. The summed E-state index contributed by atoms with van der Waals surface area (Å²) in [6.45, 7) is 0. The molecule has 114 valence electrons. The van der Waals surface area contributed by atoms with Gasteiger partial charge in [0.1, 0.15) is 12.0 Å². The van der Waals surface area contributed by atoms with E-state index in [1.165, 1.54) is 12.3 Å². The number of hydrogen-bond acceptors (Lipinski definition) is 3. The zero-order valence-corrected chi connectivity index (χ0v) is 12.8. The van der Waals surface area contributed by atoms with Gasteiger partial charge >= 0.3 is 6.01 Å². The second kappa shape index (κ2) is 6.94. The molecule has 1 N–H and O–H groups in total. The SMILES string of the molecule is O=C(/C=C/c1ccccc1)Nc1nc(-c2ccc(Cl)cc2)co1. The number of hydrogen-bond donors (Lipinski definition) is 1. The highest BCUT2D eigenvalue weighted by Gasteiger charge is 2.08. The maximum absolute atomic E-state index is 11.9. The summed E-state index contributed by atoms with van der Waals surface area (Å²) in [7, 11) is 0. The Kier molecular flexibility index (Phi) is 4.54. The van der Waals surface area contributed by atoms with Crippen LogP contribution in [-0.2, 0) is 4.79 Å². The van der Waals surface area contributed by atoms with Crippen molar-refractivity contribution in [3.8, 4) is 11.3 Å². The van der Waals surface area contributed by atoms with Gasteiger partial charge in [-0.2, -0.15) is 4.98 Å². The van der Waals surface area contributed by atoms with E-state index < -0.39 is 0 Å². The first-order valence-electron chi connectivity index (χ1n) is 6.96. The van der Waals surface area contributed by atoms with E-state index in [0.717, 1.165) is 11.1 Å². The molecule has 0 unspecified atom stereocenters. The smallest absolute Gasteiger partial charge is 0.302 e. The molecule has 1 amide bonds. The average Bonchev–Trinajstić information content (AvgIpc) is 3.03. The van der Waals surface area contributed by atoms with Crippen LogP contribution in [0.15, 0.2) is 71.4 Å². The highest BCUT2D eigenvalue weighted by molar-refractivity contribution is 6.30. The molecule has 4 nitrogen and oxygen atoms in total. The van der Waals surface area contributed by atoms with Crippen molar-refractivity contribution < 1.29 is 9.21 Å². The first-order chi connectivity index (χ1) is 11.2. The normalized spacial score (nSPS) is 10.8. The lowest BCUT2D eigenvalue weighted by atomic mass is 10.2. The van der Waals surface area contributed by atoms with Crippen molar-refractivity contribution in [1.29, 1.82) is 0 Å². The lowest BCUT2D eigenvalue weighted by molar-refractivity contribution is -0.112. The van der Waals surface area contributed by atoms with Gasteiger partial charge in [-0.15, -0.1) is 0 Å². The van der Waals surface area contributed by atoms with Gasteiger partial charge in [-0.1, -0.05) is 54.1 Å². The van der Waals surface area contributed by atoms with Crippen molar-refractivity contribution in [3.63, 3.8) is 0 Å². The molecule has 3 rings (SSSR count). The molecule has 5 heteroatoms. The summed E-state index contributed by atoms with van der Waals surface area (Å²) in [5.41, 5.74) is 2.43. The largest absolute Gasteiger partial charge is 0.431 e. The van der Waals surface area contributed by atoms with E-state index >= 15 is 0 Å². The molecule has 2 aromatic carbocycles. The van der Waals surface area contributed by atoms with Gasteiger partial charge in [-0.3, -0.25) is 10.1 Å². The van der Waals surface area contributed by atoms with Gasteiger partial charge in [0.15, 0.2) is 0 Å². The van der Waals surface area contributed by atoms with E-state index in [1.807, 2.05) is 42.5 Å². The van der Waals surface area contributed by atoms with Crippen LogP contribution in [0, 0.1) is 0 Å². The Morgan fingerprint density at radius 1 is 1.09 bits per heavy atom. The number of aromatic nitrogens is 1. The monoisotopic (exact) mass is 324 g/mol. The number of carbonyl (C=O) groups excluding carboxylic acids is 1. The predicted octanol–water partition coefficient (Wildman–Crippen LogP) is 4.65. The van der Waals surface area contributed by atoms with E-state index in [4.69, 9.17) is 16.0 Å². The summed E-state index contributed by atoms with van der Waals surface area (Å²) >= 11 is 5.85. The Hall–Kier alpha value is -2.85. The van der Waals surface area contributed by atoms with Crippen LogP contribution in [0.5, 0.6) is 0 Å². The quantitative estimate of drug-likeness (QED) is 0.711. The number of benzene rings is 2. The number of halogens is 1. The van der Waals surface area contributed by atoms with E-state index in [0.29, 0.717) is 10.7 Å². The minimum absolute atomic E-state index is 0.151. The topological polar surface area (TPSA) is 55.1 Å². The summed E-state index contributed by atoms with van der Waals surface area (Å²) < 4.78 is 5.26. The van der Waals surface area contributed by atoms with Gasteiger partial charge in [0.2, 0.25) is 0 Å². The lowest BCUT2D eigenvalue weighted by Crippen LogP contribution is -2.07. The van der Waals surface area contributed by atoms with Crippen molar-refractivity contribution in [3.05, 3.63) is 77.5 Å². The zero-order chi connectivity index (χ0) is 16.1. The Morgan fingerprint density at radius 3 is 2.57 bits per heavy atom. The molecule has 0 bridgehead atoms. The molecule has 23 heavy (non-hydrogen) atoms. The fourth-order valence-corrected chi connectivity index (χ4v) is 2.09. The summed E-state index contributed by atoms with van der Waals surface area (Å²) in [4.78, 5) is 16.1. The molecule has 0 aliphatic heterocycles. The summed E-state index contributed by atoms with van der Waals surface area (Å²) in [6.07, 6.45) is 4.64. The van der Waals surface area contributed by atoms with Crippen molar-refractivity contribution in [1.82, 2.24) is 4.98 Å². The van der Waals surface area contributed by atoms with Gasteiger partial charge in [0.25, 0.3) is 5.91 Å². The summed E-state index contributed by atoms with van der Waals surface area (Å²) in [5.74, 6) is -0.307. The van der Waals surface area contributed by atoms with Gasteiger partial charge in [0.05, 0.1) is 0 Å². The third-order valence-corrected chi connectivity index (χ3v) is 3.35. The average molecular weight is 325 g/mol. The fraction of sp³-hybridized carbons (Fsp3) is 0. The van der Waals surface area contributed by atoms with Crippen molar-refractivity contribution in [2.24, 2.45) is 0 Å². The highest BCUT2D eigenvalue weighted by atomic mass is 35.5. The van der Waals surface area contributed by atoms with E-state index in [-0.39, 0.29) is 11.9 Å². The van der Waals surface area contributed by atoms with Gasteiger partial charge in [-0.25, -0.2) is 0 Å². The van der Waals surface area contributed by atoms with Crippen molar-refractivity contribution >= 4 is 29.6 Å². The van der Waals surface area contributed by atoms with Crippen LogP contribution in [-0.4, -0.2) is 10.9 Å². The number of rotatable bonds is 4. The van der Waals surface area contributed by atoms with E-state index in [2.05, 4.69) is 10.3 Å². The number of amides is 1. The van der Waals surface area contributed by atoms with Crippen LogP contribution in [0.25, 0.3) is 17.3 Å². The van der Waals surface area contributed by atoms with Crippen LogP contribution in [0.1, 0.15) is 5.56 Å². The van der Waals surface area contributed by atoms with Crippen LogP contribution < -0.4 is 5.32 Å². The van der Waals surface area contributed by atoms with Crippen LogP contribution in [0.4, 0.5) is 6.01 Å². The van der Waals surface area contributed by atoms with Crippen molar-refractivity contribution in [2.75, 3.05) is 5.32 Å². The van der Waals surface area contributed by atoms with Gasteiger partial charge in [0, 0.05) is 16.7 Å². The number of anilines is 1. The maximum atomic E-state index is 11.9. The molecule has 1 heterocycles. The second-order valence-electron chi connectivity index (χ2n) is 4.78. The molecule has 0 aliphatic carbocycles. The Balaban J connectivity index is 1.66. The first kappa shape index (κ1) is 15.1. The fourth-order valence-electron chi connectivity index (χ4n) is 1.97. The molecule has 3 aromatic rings. The molecular weight excluding hydrogens is 312 g/mol. The van der Waals surface area contributed by atoms with E-state index in [1.54, 1.807) is 18.2 Å². The number of oxazole rings is 1.